The number of benzene rings is 1. The monoisotopic (exact) mass is 390 g/mol. The minimum atomic E-state index is -1.63. The highest BCUT2D eigenvalue weighted by Gasteiger charge is 2.43. The summed E-state index contributed by atoms with van der Waals surface area (Å²) in [5.41, 5.74) is 8.60. The Kier molecular flexibility index (Phi) is 3.68. The van der Waals surface area contributed by atoms with Crippen molar-refractivity contribution in [2.45, 2.75) is 36.7 Å². The Morgan fingerprint density at radius 2 is 2.07 bits per heavy atom. The highest BCUT2D eigenvalue weighted by Crippen LogP contribution is 2.55. The van der Waals surface area contributed by atoms with Crippen molar-refractivity contribution in [2.24, 2.45) is 12.8 Å². The first-order chi connectivity index (χ1) is 13.8. The number of aromatic nitrogens is 2. The van der Waals surface area contributed by atoms with E-state index < -0.39 is 11.5 Å². The van der Waals surface area contributed by atoms with E-state index in [-0.39, 0.29) is 11.7 Å². The Balaban J connectivity index is 1.61. The maximum Gasteiger partial charge on any atom is 0.284 e. The molecule has 2 amide bonds. The van der Waals surface area contributed by atoms with Crippen LogP contribution in [0.4, 0.5) is 0 Å². The maximum absolute atomic E-state index is 12.2. The van der Waals surface area contributed by atoms with Crippen LogP contribution in [0.2, 0.25) is 0 Å². The number of carbonyl (C=O) groups excluding carboxylic acids is 2. The van der Waals surface area contributed by atoms with Gasteiger partial charge in [0.2, 0.25) is 5.60 Å². The fourth-order valence-electron chi connectivity index (χ4n) is 4.83. The van der Waals surface area contributed by atoms with Crippen molar-refractivity contribution >= 4 is 11.8 Å². The molecule has 7 nitrogen and oxygen atoms in total. The van der Waals surface area contributed by atoms with E-state index >= 15 is 0 Å². The van der Waals surface area contributed by atoms with Gasteiger partial charge in [0.05, 0.1) is 5.69 Å². The normalized spacial score (nSPS) is 26.7. The van der Waals surface area contributed by atoms with Gasteiger partial charge in [0.25, 0.3) is 11.8 Å². The molecule has 1 saturated carbocycles. The lowest BCUT2D eigenvalue weighted by Crippen LogP contribution is -2.37. The molecule has 1 atom stereocenters. The lowest BCUT2D eigenvalue weighted by Gasteiger charge is -2.34. The minimum absolute atomic E-state index is 0.261. The Morgan fingerprint density at radius 3 is 2.72 bits per heavy atom. The number of aliphatic hydroxyl groups is 1. The van der Waals surface area contributed by atoms with Gasteiger partial charge in [-0.15, -0.1) is 0 Å². The van der Waals surface area contributed by atoms with Crippen LogP contribution in [0.3, 0.4) is 0 Å². The van der Waals surface area contributed by atoms with Crippen LogP contribution >= 0.6 is 0 Å². The molecule has 1 aromatic heterocycles. The number of rotatable bonds is 1. The van der Waals surface area contributed by atoms with Crippen LogP contribution in [0, 0.1) is 11.8 Å². The van der Waals surface area contributed by atoms with E-state index in [2.05, 4.69) is 22.9 Å². The van der Waals surface area contributed by atoms with E-state index in [1.54, 1.807) is 7.05 Å². The molecule has 2 aromatic rings. The van der Waals surface area contributed by atoms with E-state index in [0.29, 0.717) is 30.4 Å². The number of nitrogens with zero attached hydrogens (tertiary/aromatic N) is 3. The number of hydrogen-bond acceptors (Lipinski definition) is 4. The first kappa shape index (κ1) is 18.0. The molecule has 1 aromatic carbocycles. The SMILES string of the molecule is CN1CC[C@@](O)(C#Cc2ccc3c(c2)-c2nc(C(N)=O)n(C)c2C2CC3C2)C1=O. The predicted molar refractivity (Wildman–Crippen MR) is 106 cm³/mol. The van der Waals surface area contributed by atoms with E-state index in [0.717, 1.165) is 29.8 Å². The van der Waals surface area contributed by atoms with Crippen LogP contribution in [0.25, 0.3) is 11.3 Å². The van der Waals surface area contributed by atoms with Crippen molar-refractivity contribution in [3.05, 3.63) is 40.8 Å². The molecular formula is C22H22N4O3. The van der Waals surface area contributed by atoms with Gasteiger partial charge in [-0.1, -0.05) is 17.9 Å². The summed E-state index contributed by atoms with van der Waals surface area (Å²) >= 11 is 0. The van der Waals surface area contributed by atoms with Crippen molar-refractivity contribution in [3.8, 4) is 23.1 Å². The molecule has 0 unspecified atom stereocenters. The average molecular weight is 390 g/mol. The number of hydrogen-bond donors (Lipinski definition) is 2. The summed E-state index contributed by atoms with van der Waals surface area (Å²) in [5, 5.41) is 10.6. The Hall–Kier alpha value is -3.11. The van der Waals surface area contributed by atoms with Crippen LogP contribution in [-0.2, 0) is 11.8 Å². The molecule has 2 bridgehead atoms. The van der Waals surface area contributed by atoms with E-state index in [1.165, 1.54) is 10.5 Å². The first-order valence-electron chi connectivity index (χ1n) is 9.80. The van der Waals surface area contributed by atoms with Gasteiger partial charge < -0.3 is 20.3 Å². The summed E-state index contributed by atoms with van der Waals surface area (Å²) in [5.74, 6) is 5.95. The third kappa shape index (κ3) is 2.52. The van der Waals surface area contributed by atoms with Gasteiger partial charge >= 0.3 is 0 Å². The predicted octanol–water partition coefficient (Wildman–Crippen LogP) is 1.11. The number of imidazole rings is 1. The zero-order valence-electron chi connectivity index (χ0n) is 16.4. The van der Waals surface area contributed by atoms with E-state index in [4.69, 9.17) is 5.73 Å². The summed E-state index contributed by atoms with van der Waals surface area (Å²) < 4.78 is 1.82. The molecule has 3 N–H and O–H groups in total. The molecule has 4 aliphatic rings. The minimum Gasteiger partial charge on any atom is -0.369 e. The van der Waals surface area contributed by atoms with Crippen LogP contribution in [-0.4, -0.2) is 50.6 Å². The third-order valence-electron chi connectivity index (χ3n) is 6.56. The molecule has 0 spiro atoms. The van der Waals surface area contributed by atoms with Crippen LogP contribution in [0.1, 0.15) is 58.5 Å². The van der Waals surface area contributed by atoms with Crippen molar-refractivity contribution in [3.63, 3.8) is 0 Å². The van der Waals surface area contributed by atoms with Crippen molar-refractivity contribution in [2.75, 3.05) is 13.6 Å². The molecular weight excluding hydrogens is 368 g/mol. The second kappa shape index (κ2) is 5.94. The largest absolute Gasteiger partial charge is 0.369 e. The highest BCUT2D eigenvalue weighted by atomic mass is 16.3. The van der Waals surface area contributed by atoms with Gasteiger partial charge in [-0.05, 0) is 36.5 Å². The van der Waals surface area contributed by atoms with Gasteiger partial charge in [0, 0.05) is 49.8 Å². The number of likely N-dealkylation sites (N-methyl/N-ethyl adjacent to an activating group) is 1. The highest BCUT2D eigenvalue weighted by molar-refractivity contribution is 5.91. The number of carbonyl (C=O) groups is 2. The second-order valence-corrected chi connectivity index (χ2v) is 8.35. The number of amides is 2. The smallest absolute Gasteiger partial charge is 0.284 e. The first-order valence-corrected chi connectivity index (χ1v) is 9.80. The Bertz CT molecular complexity index is 1130. The Labute approximate surface area is 168 Å². The zero-order chi connectivity index (χ0) is 20.5. The molecule has 148 valence electrons. The van der Waals surface area contributed by atoms with Gasteiger partial charge in [-0.2, -0.15) is 0 Å². The standard InChI is InChI=1S/C22H22N4O3/c1-25-8-7-22(29,21(25)28)6-5-12-3-4-15-13-10-14(11-13)18-17(16(15)9-12)24-20(19(23)27)26(18)2/h3-4,9,13-14,29H,7-8,10-11H2,1-2H3,(H2,23,27)/t13?,14?,22-/m0/s1. The van der Waals surface area contributed by atoms with Gasteiger partial charge in [0.15, 0.2) is 5.82 Å². The average Bonchev–Trinajstić information content (AvgIpc) is 3.02. The molecule has 7 heteroatoms. The molecule has 1 aliphatic heterocycles. The summed E-state index contributed by atoms with van der Waals surface area (Å²) in [4.78, 5) is 30.0. The summed E-state index contributed by atoms with van der Waals surface area (Å²) in [6.45, 7) is 0.491. The molecule has 29 heavy (non-hydrogen) atoms. The second-order valence-electron chi connectivity index (χ2n) is 8.35. The third-order valence-corrected chi connectivity index (χ3v) is 6.56. The lowest BCUT2D eigenvalue weighted by molar-refractivity contribution is -0.137. The summed E-state index contributed by atoms with van der Waals surface area (Å²) in [6.07, 6.45) is 2.36. The summed E-state index contributed by atoms with van der Waals surface area (Å²) in [6, 6.07) is 5.93. The van der Waals surface area contributed by atoms with Crippen molar-refractivity contribution in [1.29, 1.82) is 0 Å². The van der Waals surface area contributed by atoms with Crippen molar-refractivity contribution < 1.29 is 14.7 Å². The molecule has 0 radical (unpaired) electrons. The van der Waals surface area contributed by atoms with Gasteiger partial charge in [0.1, 0.15) is 0 Å². The van der Waals surface area contributed by atoms with Crippen LogP contribution in [0.15, 0.2) is 18.2 Å². The number of likely N-dealkylation sites (tertiary alicyclic amines) is 1. The Morgan fingerprint density at radius 1 is 1.31 bits per heavy atom. The summed E-state index contributed by atoms with van der Waals surface area (Å²) in [7, 11) is 3.50. The van der Waals surface area contributed by atoms with Crippen LogP contribution in [0.5, 0.6) is 0 Å². The van der Waals surface area contributed by atoms with Crippen molar-refractivity contribution in [1.82, 2.24) is 14.5 Å². The number of primary amides is 1. The number of nitrogens with two attached hydrogens (primary N) is 1. The molecule has 3 aliphatic carbocycles. The fraction of sp³-hybridized carbons (Fsp3) is 0.409. The van der Waals surface area contributed by atoms with Gasteiger partial charge in [-0.3, -0.25) is 9.59 Å². The fourth-order valence-corrected chi connectivity index (χ4v) is 4.83. The quantitative estimate of drug-likeness (QED) is 0.712. The van der Waals surface area contributed by atoms with Crippen LogP contribution < -0.4 is 5.73 Å². The molecule has 1 saturated heterocycles. The van der Waals surface area contributed by atoms with E-state index in [1.807, 2.05) is 23.7 Å². The topological polar surface area (TPSA) is 101 Å². The zero-order valence-corrected chi connectivity index (χ0v) is 16.4. The lowest BCUT2D eigenvalue weighted by atomic mass is 9.71. The molecule has 2 fully saturated rings. The molecule has 6 rings (SSSR count). The molecule has 2 heterocycles. The maximum atomic E-state index is 12.2. The van der Waals surface area contributed by atoms with E-state index in [9.17, 15) is 14.7 Å². The van der Waals surface area contributed by atoms with Gasteiger partial charge in [-0.25, -0.2) is 4.98 Å².